The van der Waals surface area contributed by atoms with E-state index < -0.39 is 9.84 Å². The Morgan fingerprint density at radius 3 is 2.47 bits per heavy atom. The molecule has 0 saturated carbocycles. The average molecular weight is 290 g/mol. The molecule has 1 heterocycles. The lowest BCUT2D eigenvalue weighted by atomic mass is 10.1. The predicted octanol–water partition coefficient (Wildman–Crippen LogP) is 2.71. The molecule has 1 saturated heterocycles. The molecule has 0 spiro atoms. The Bertz CT molecular complexity index is 362. The van der Waals surface area contributed by atoms with Crippen LogP contribution >= 0.6 is 0 Å². The number of hydrogen-bond donors (Lipinski definition) is 0. The van der Waals surface area contributed by atoms with E-state index in [1.807, 2.05) is 0 Å². The topological polar surface area (TPSA) is 60.4 Å². The second-order valence-electron chi connectivity index (χ2n) is 5.46. The van der Waals surface area contributed by atoms with Crippen LogP contribution in [0.25, 0.3) is 0 Å². The molecular weight excluding hydrogens is 264 g/mol. The van der Waals surface area contributed by atoms with Crippen LogP contribution in [0.3, 0.4) is 0 Å². The van der Waals surface area contributed by atoms with Crippen LogP contribution in [-0.4, -0.2) is 32.5 Å². The van der Waals surface area contributed by atoms with Crippen molar-refractivity contribution in [1.29, 1.82) is 0 Å². The van der Waals surface area contributed by atoms with Gasteiger partial charge in [-0.3, -0.25) is 4.79 Å². The molecule has 19 heavy (non-hydrogen) atoms. The number of sulfone groups is 1. The van der Waals surface area contributed by atoms with Crippen molar-refractivity contribution in [2.75, 3.05) is 18.1 Å². The molecule has 0 aliphatic carbocycles. The molecule has 0 aromatic rings. The molecule has 0 radical (unpaired) electrons. The Balaban J connectivity index is 2.00. The van der Waals surface area contributed by atoms with Crippen LogP contribution in [0.15, 0.2) is 0 Å². The predicted molar refractivity (Wildman–Crippen MR) is 75.7 cm³/mol. The molecule has 0 aromatic heterocycles. The molecule has 0 aromatic carbocycles. The minimum absolute atomic E-state index is 0.0259. The van der Waals surface area contributed by atoms with Crippen LogP contribution < -0.4 is 0 Å². The summed E-state index contributed by atoms with van der Waals surface area (Å²) in [5.41, 5.74) is 0. The number of carbonyl (C=O) groups is 1. The highest BCUT2D eigenvalue weighted by Gasteiger charge is 2.29. The Morgan fingerprint density at radius 2 is 1.84 bits per heavy atom. The molecule has 1 aliphatic heterocycles. The van der Waals surface area contributed by atoms with Crippen molar-refractivity contribution in [3.63, 3.8) is 0 Å². The second kappa shape index (κ2) is 8.56. The molecule has 1 fully saturated rings. The third-order valence-corrected chi connectivity index (χ3v) is 5.38. The highest BCUT2D eigenvalue weighted by atomic mass is 32.2. The number of rotatable bonds is 9. The van der Waals surface area contributed by atoms with E-state index in [1.54, 1.807) is 0 Å². The Hall–Kier alpha value is -0.580. The minimum atomic E-state index is -2.89. The third-order valence-electron chi connectivity index (χ3n) is 3.54. The first-order valence-electron chi connectivity index (χ1n) is 7.39. The van der Waals surface area contributed by atoms with Gasteiger partial charge in [0.1, 0.15) is 0 Å². The van der Waals surface area contributed by atoms with Crippen molar-refractivity contribution >= 4 is 15.8 Å². The minimum Gasteiger partial charge on any atom is -0.466 e. The third kappa shape index (κ3) is 7.55. The van der Waals surface area contributed by atoms with Crippen LogP contribution in [0.5, 0.6) is 0 Å². The summed E-state index contributed by atoms with van der Waals surface area (Å²) in [6.07, 6.45) is 7.85. The van der Waals surface area contributed by atoms with Crippen LogP contribution in [0.1, 0.15) is 58.3 Å². The van der Waals surface area contributed by atoms with E-state index in [0.717, 1.165) is 12.8 Å². The maximum absolute atomic E-state index is 11.5. The Morgan fingerprint density at radius 1 is 1.16 bits per heavy atom. The largest absolute Gasteiger partial charge is 0.466 e. The summed E-state index contributed by atoms with van der Waals surface area (Å²) in [5.74, 6) is 0.110. The van der Waals surface area contributed by atoms with Crippen molar-refractivity contribution in [3.8, 4) is 0 Å². The molecule has 0 unspecified atom stereocenters. The molecule has 112 valence electrons. The Kier molecular flexibility index (Phi) is 7.42. The number of ether oxygens (including phenoxy) is 1. The van der Waals surface area contributed by atoms with Crippen molar-refractivity contribution < 1.29 is 17.9 Å². The van der Waals surface area contributed by atoms with Gasteiger partial charge in [0.15, 0.2) is 9.84 Å². The number of hydrogen-bond acceptors (Lipinski definition) is 4. The smallest absolute Gasteiger partial charge is 0.306 e. The lowest BCUT2D eigenvalue weighted by Gasteiger charge is -2.08. The highest BCUT2D eigenvalue weighted by Crippen LogP contribution is 2.21. The van der Waals surface area contributed by atoms with E-state index in [1.165, 1.54) is 25.7 Å². The van der Waals surface area contributed by atoms with Crippen molar-refractivity contribution in [3.05, 3.63) is 0 Å². The Labute approximate surface area is 116 Å². The summed E-state index contributed by atoms with van der Waals surface area (Å²) in [6, 6.07) is 0. The van der Waals surface area contributed by atoms with Gasteiger partial charge in [0.05, 0.1) is 18.1 Å². The van der Waals surface area contributed by atoms with Gasteiger partial charge < -0.3 is 4.74 Å². The molecule has 5 heteroatoms. The summed E-state index contributed by atoms with van der Waals surface area (Å²) in [6.45, 7) is 2.66. The van der Waals surface area contributed by atoms with Gasteiger partial charge in [0, 0.05) is 6.42 Å². The van der Waals surface area contributed by atoms with Crippen LogP contribution in [0, 0.1) is 5.92 Å². The zero-order valence-electron chi connectivity index (χ0n) is 11.9. The molecule has 0 amide bonds. The fraction of sp³-hybridized carbons (Fsp3) is 0.929. The normalized spacial score (nSPS) is 21.4. The van der Waals surface area contributed by atoms with E-state index in [-0.39, 0.29) is 29.8 Å². The summed E-state index contributed by atoms with van der Waals surface area (Å²) in [4.78, 5) is 11.5. The SMILES string of the molecule is CCCCCCCCOC(=O)C[C@@H]1CCS(=O)(=O)C1. The summed E-state index contributed by atoms with van der Waals surface area (Å²) < 4.78 is 27.7. The number of carbonyl (C=O) groups excluding carboxylic acids is 1. The van der Waals surface area contributed by atoms with Gasteiger partial charge in [0.25, 0.3) is 0 Å². The summed E-state index contributed by atoms with van der Waals surface area (Å²) in [7, 11) is -2.89. The average Bonchev–Trinajstić information content (AvgIpc) is 2.67. The van der Waals surface area contributed by atoms with Crippen LogP contribution in [-0.2, 0) is 19.4 Å². The van der Waals surface area contributed by atoms with Crippen molar-refractivity contribution in [1.82, 2.24) is 0 Å². The van der Waals surface area contributed by atoms with Gasteiger partial charge >= 0.3 is 5.97 Å². The van der Waals surface area contributed by atoms with E-state index in [2.05, 4.69) is 6.92 Å². The van der Waals surface area contributed by atoms with Gasteiger partial charge in [-0.05, 0) is 18.8 Å². The first-order chi connectivity index (χ1) is 9.03. The van der Waals surface area contributed by atoms with E-state index >= 15 is 0 Å². The first kappa shape index (κ1) is 16.5. The molecule has 0 N–H and O–H groups in total. The van der Waals surface area contributed by atoms with Crippen molar-refractivity contribution in [2.24, 2.45) is 5.92 Å². The van der Waals surface area contributed by atoms with Gasteiger partial charge in [-0.2, -0.15) is 0 Å². The van der Waals surface area contributed by atoms with Gasteiger partial charge in [-0.15, -0.1) is 0 Å². The van der Waals surface area contributed by atoms with Crippen molar-refractivity contribution in [2.45, 2.75) is 58.3 Å². The molecule has 1 rings (SSSR count). The second-order valence-corrected chi connectivity index (χ2v) is 7.69. The fourth-order valence-corrected chi connectivity index (χ4v) is 4.26. The van der Waals surface area contributed by atoms with Gasteiger partial charge in [-0.1, -0.05) is 39.0 Å². The highest BCUT2D eigenvalue weighted by molar-refractivity contribution is 7.91. The van der Waals surface area contributed by atoms with E-state index in [9.17, 15) is 13.2 Å². The standard InChI is InChI=1S/C14H26O4S/c1-2-3-4-5-6-7-9-18-14(15)11-13-8-10-19(16,17)12-13/h13H,2-12H2,1H3/t13-/m0/s1. The lowest BCUT2D eigenvalue weighted by molar-refractivity contribution is -0.144. The molecule has 1 aliphatic rings. The molecule has 0 bridgehead atoms. The van der Waals surface area contributed by atoms with E-state index in [0.29, 0.717) is 13.0 Å². The summed E-state index contributed by atoms with van der Waals surface area (Å²) >= 11 is 0. The number of unbranched alkanes of at least 4 members (excludes halogenated alkanes) is 5. The quantitative estimate of drug-likeness (QED) is 0.484. The zero-order chi connectivity index (χ0) is 14.1. The maximum atomic E-state index is 11.5. The maximum Gasteiger partial charge on any atom is 0.306 e. The molecule has 1 atom stereocenters. The van der Waals surface area contributed by atoms with Gasteiger partial charge in [-0.25, -0.2) is 8.42 Å². The van der Waals surface area contributed by atoms with Crippen LogP contribution in [0.2, 0.25) is 0 Å². The zero-order valence-corrected chi connectivity index (χ0v) is 12.7. The fourth-order valence-electron chi connectivity index (χ4n) is 2.40. The molecule has 4 nitrogen and oxygen atoms in total. The summed E-state index contributed by atoms with van der Waals surface area (Å²) in [5, 5.41) is 0. The number of esters is 1. The van der Waals surface area contributed by atoms with Gasteiger partial charge in [0.2, 0.25) is 0 Å². The monoisotopic (exact) mass is 290 g/mol. The lowest BCUT2D eigenvalue weighted by Crippen LogP contribution is -2.13. The van der Waals surface area contributed by atoms with E-state index in [4.69, 9.17) is 4.74 Å². The van der Waals surface area contributed by atoms with Crippen LogP contribution in [0.4, 0.5) is 0 Å². The molecular formula is C14H26O4S. The first-order valence-corrected chi connectivity index (χ1v) is 9.21.